The first kappa shape index (κ1) is 29.6. The zero-order valence-electron chi connectivity index (χ0n) is 23.3. The molecule has 3 amide bonds. The van der Waals surface area contributed by atoms with Gasteiger partial charge in [0.1, 0.15) is 16.1 Å². The van der Waals surface area contributed by atoms with Gasteiger partial charge in [-0.15, -0.1) is 11.3 Å². The van der Waals surface area contributed by atoms with Crippen LogP contribution in [0.4, 0.5) is 16.2 Å². The maximum Gasteiger partial charge on any atom is 0.323 e. The molecular formula is C28H32N4O8S2. The minimum Gasteiger partial charge on any atom is -0.488 e. The second-order valence-electron chi connectivity index (χ2n) is 10.2. The molecule has 3 aromatic rings. The molecular weight excluding hydrogens is 584 g/mol. The number of thiophene rings is 1. The van der Waals surface area contributed by atoms with Gasteiger partial charge in [0.2, 0.25) is 6.79 Å². The first-order valence-electron chi connectivity index (χ1n) is 13.3. The molecule has 2 aliphatic rings. The average Bonchev–Trinajstić information content (AvgIpc) is 3.67. The number of ether oxygens (including phenoxy) is 3. The Morgan fingerprint density at radius 1 is 1.12 bits per heavy atom. The molecule has 224 valence electrons. The van der Waals surface area contributed by atoms with Gasteiger partial charge in [0.25, 0.3) is 15.9 Å². The SMILES string of the molecule is C[C@@H]1CN([C@@H](C)CO)C(=O)c2cc(NC(=O)Nc3ccc4c(c3)OCO4)ccc2O[C@H]1CN(C)S(=O)(=O)c1cccs1. The van der Waals surface area contributed by atoms with Crippen molar-refractivity contribution in [3.05, 3.63) is 59.5 Å². The van der Waals surface area contributed by atoms with E-state index >= 15 is 0 Å². The number of nitrogens with zero attached hydrogens (tertiary/aromatic N) is 2. The van der Waals surface area contributed by atoms with E-state index in [1.54, 1.807) is 59.7 Å². The zero-order chi connectivity index (χ0) is 30.0. The maximum atomic E-state index is 13.7. The lowest BCUT2D eigenvalue weighted by Gasteiger charge is -2.38. The van der Waals surface area contributed by atoms with Gasteiger partial charge in [-0.05, 0) is 48.7 Å². The Hall–Kier alpha value is -3.85. The van der Waals surface area contributed by atoms with Crippen LogP contribution in [0.25, 0.3) is 0 Å². The van der Waals surface area contributed by atoms with Crippen molar-refractivity contribution in [3.63, 3.8) is 0 Å². The second kappa shape index (κ2) is 12.2. The molecule has 0 bridgehead atoms. The molecule has 0 spiro atoms. The lowest BCUT2D eigenvalue weighted by Crippen LogP contribution is -2.50. The zero-order valence-corrected chi connectivity index (χ0v) is 24.9. The molecule has 5 rings (SSSR count). The number of fused-ring (bicyclic) bond motifs is 2. The summed E-state index contributed by atoms with van der Waals surface area (Å²) in [4.78, 5) is 28.0. The summed E-state index contributed by atoms with van der Waals surface area (Å²) in [5.41, 5.74) is 1.00. The molecule has 42 heavy (non-hydrogen) atoms. The van der Waals surface area contributed by atoms with Gasteiger partial charge in [0.15, 0.2) is 11.5 Å². The number of hydrogen-bond acceptors (Lipinski definition) is 9. The van der Waals surface area contributed by atoms with Crippen LogP contribution in [0.5, 0.6) is 17.2 Å². The molecule has 3 atom stereocenters. The fourth-order valence-corrected chi connectivity index (χ4v) is 7.09. The van der Waals surface area contributed by atoms with Crippen LogP contribution in [-0.2, 0) is 10.0 Å². The van der Waals surface area contributed by atoms with Crippen LogP contribution in [0.15, 0.2) is 58.1 Å². The fourth-order valence-electron chi connectivity index (χ4n) is 4.70. The minimum absolute atomic E-state index is 0.0360. The lowest BCUT2D eigenvalue weighted by molar-refractivity contribution is 0.0387. The first-order valence-corrected chi connectivity index (χ1v) is 15.6. The van der Waals surface area contributed by atoms with Crippen molar-refractivity contribution in [2.24, 2.45) is 5.92 Å². The molecule has 12 nitrogen and oxygen atoms in total. The average molecular weight is 617 g/mol. The molecule has 2 aliphatic heterocycles. The van der Waals surface area contributed by atoms with E-state index in [9.17, 15) is 23.1 Å². The predicted octanol–water partition coefficient (Wildman–Crippen LogP) is 3.66. The monoisotopic (exact) mass is 616 g/mol. The molecule has 0 unspecified atom stereocenters. The van der Waals surface area contributed by atoms with E-state index in [4.69, 9.17) is 14.2 Å². The Morgan fingerprint density at radius 3 is 2.50 bits per heavy atom. The standard InChI is InChI=1S/C28H32N4O8S2/c1-17-13-32(18(2)15-33)27(34)21-11-19(29-28(35)30-20-7-9-23-24(12-20)39-16-38-23)6-8-22(21)40-25(17)14-31(3)42(36,37)26-5-4-10-41-26/h4-12,17-18,25,33H,13-16H2,1-3H3,(H2,29,30,35)/t17-,18+,25+/m1/s1. The van der Waals surface area contributed by atoms with Crippen molar-refractivity contribution < 1.29 is 37.3 Å². The highest BCUT2D eigenvalue weighted by molar-refractivity contribution is 7.91. The van der Waals surface area contributed by atoms with Crippen LogP contribution in [0.1, 0.15) is 24.2 Å². The highest BCUT2D eigenvalue weighted by Crippen LogP contribution is 2.35. The van der Waals surface area contributed by atoms with E-state index in [2.05, 4.69) is 10.6 Å². The van der Waals surface area contributed by atoms with Crippen molar-refractivity contribution in [3.8, 4) is 17.2 Å². The summed E-state index contributed by atoms with van der Waals surface area (Å²) in [5, 5.41) is 17.1. The van der Waals surface area contributed by atoms with Gasteiger partial charge in [0, 0.05) is 37.0 Å². The predicted molar refractivity (Wildman–Crippen MR) is 157 cm³/mol. The van der Waals surface area contributed by atoms with Gasteiger partial charge in [-0.3, -0.25) is 4.79 Å². The molecule has 14 heteroatoms. The highest BCUT2D eigenvalue weighted by atomic mass is 32.2. The van der Waals surface area contributed by atoms with Crippen molar-refractivity contribution in [1.82, 2.24) is 9.21 Å². The van der Waals surface area contributed by atoms with E-state index in [0.29, 0.717) is 22.9 Å². The number of benzene rings is 2. The number of rotatable bonds is 8. The quantitative estimate of drug-likeness (QED) is 0.348. The Bertz CT molecular complexity index is 1560. The molecule has 3 N–H and O–H groups in total. The molecule has 0 saturated heterocycles. The first-order chi connectivity index (χ1) is 20.1. The summed E-state index contributed by atoms with van der Waals surface area (Å²) in [7, 11) is -2.23. The van der Waals surface area contributed by atoms with Crippen molar-refractivity contribution in [1.29, 1.82) is 0 Å². The second-order valence-corrected chi connectivity index (χ2v) is 13.4. The van der Waals surface area contributed by atoms with Crippen molar-refractivity contribution >= 4 is 44.7 Å². The fraction of sp³-hybridized carbons (Fsp3) is 0.357. The lowest BCUT2D eigenvalue weighted by atomic mass is 9.99. The summed E-state index contributed by atoms with van der Waals surface area (Å²) in [6, 6.07) is 11.9. The number of anilines is 2. The highest BCUT2D eigenvalue weighted by Gasteiger charge is 2.35. The summed E-state index contributed by atoms with van der Waals surface area (Å²) < 4.78 is 44.6. The van der Waals surface area contributed by atoms with Crippen LogP contribution in [-0.4, -0.2) is 80.4 Å². The van der Waals surface area contributed by atoms with Gasteiger partial charge >= 0.3 is 6.03 Å². The number of carbonyl (C=O) groups excluding carboxylic acids is 2. The third-order valence-corrected chi connectivity index (χ3v) is 10.3. The number of sulfonamides is 1. The van der Waals surface area contributed by atoms with E-state index in [1.807, 2.05) is 6.92 Å². The number of amides is 3. The van der Waals surface area contributed by atoms with Crippen molar-refractivity contribution in [2.45, 2.75) is 30.2 Å². The van der Waals surface area contributed by atoms with Gasteiger partial charge in [-0.25, -0.2) is 13.2 Å². The topological polar surface area (TPSA) is 147 Å². The number of urea groups is 1. The Labute approximate surface area is 247 Å². The van der Waals surface area contributed by atoms with E-state index in [0.717, 1.165) is 11.3 Å². The molecule has 0 fully saturated rings. The number of carbonyl (C=O) groups is 2. The van der Waals surface area contributed by atoms with E-state index in [1.165, 1.54) is 17.4 Å². The van der Waals surface area contributed by atoms with Crippen molar-refractivity contribution in [2.75, 3.05) is 44.2 Å². The van der Waals surface area contributed by atoms with Crippen LogP contribution in [0, 0.1) is 5.92 Å². The molecule has 0 radical (unpaired) electrons. The van der Waals surface area contributed by atoms with Gasteiger partial charge in [-0.2, -0.15) is 4.31 Å². The number of aliphatic hydroxyl groups is 1. The molecule has 3 heterocycles. The van der Waals surface area contributed by atoms with Gasteiger partial charge in [0.05, 0.1) is 24.8 Å². The number of nitrogens with one attached hydrogen (secondary N) is 2. The third kappa shape index (κ3) is 6.16. The van der Waals surface area contributed by atoms with Crippen LogP contribution in [0.2, 0.25) is 0 Å². The largest absolute Gasteiger partial charge is 0.488 e. The van der Waals surface area contributed by atoms with E-state index < -0.39 is 28.2 Å². The molecule has 0 saturated carbocycles. The van der Waals surface area contributed by atoms with Crippen LogP contribution in [0.3, 0.4) is 0 Å². The van der Waals surface area contributed by atoms with Gasteiger partial charge < -0.3 is 34.9 Å². The summed E-state index contributed by atoms with van der Waals surface area (Å²) >= 11 is 1.13. The molecule has 1 aromatic heterocycles. The molecule has 0 aliphatic carbocycles. The smallest absolute Gasteiger partial charge is 0.323 e. The Morgan fingerprint density at radius 2 is 1.81 bits per heavy atom. The van der Waals surface area contributed by atoms with E-state index in [-0.39, 0.29) is 53.8 Å². The third-order valence-electron chi connectivity index (χ3n) is 7.15. The van der Waals surface area contributed by atoms with Gasteiger partial charge in [-0.1, -0.05) is 13.0 Å². The number of hydrogen-bond donors (Lipinski definition) is 3. The summed E-state index contributed by atoms with van der Waals surface area (Å²) in [6.45, 7) is 3.72. The van der Waals surface area contributed by atoms with Crippen LogP contribution < -0.4 is 24.8 Å². The summed E-state index contributed by atoms with van der Waals surface area (Å²) in [5.74, 6) is 0.701. The number of likely N-dealkylation sites (N-methyl/N-ethyl adjacent to an activating group) is 1. The normalized spacial score (nSPS) is 19.0. The molecule has 2 aromatic carbocycles. The maximum absolute atomic E-state index is 13.7. The minimum atomic E-state index is -3.73. The summed E-state index contributed by atoms with van der Waals surface area (Å²) in [6.07, 6.45) is -0.613. The van der Waals surface area contributed by atoms with Crippen LogP contribution >= 0.6 is 11.3 Å². The number of aliphatic hydroxyl groups excluding tert-OH is 1. The Kier molecular flexibility index (Phi) is 8.59. The Balaban J connectivity index is 1.38.